The smallest absolute Gasteiger partial charge is 0.170 e. The quantitative estimate of drug-likeness (QED) is 0.731. The first-order valence-electron chi connectivity index (χ1n) is 5.33. The maximum atomic E-state index is 9.07. The summed E-state index contributed by atoms with van der Waals surface area (Å²) in [5, 5.41) is 17.0. The van der Waals surface area contributed by atoms with Crippen LogP contribution in [0.2, 0.25) is 0 Å². The molecule has 0 aliphatic rings. The van der Waals surface area contributed by atoms with Crippen LogP contribution in [0.4, 0.5) is 0 Å². The van der Waals surface area contributed by atoms with Gasteiger partial charge < -0.3 is 0 Å². The molecule has 3 heteroatoms. The van der Waals surface area contributed by atoms with E-state index in [4.69, 9.17) is 5.26 Å². The van der Waals surface area contributed by atoms with Gasteiger partial charge in [-0.25, -0.2) is 0 Å². The highest BCUT2D eigenvalue weighted by molar-refractivity contribution is 5.89. The first kappa shape index (κ1) is 10.7. The summed E-state index contributed by atoms with van der Waals surface area (Å²) >= 11 is 0. The molecule has 3 nitrogen and oxygen atoms in total. The van der Waals surface area contributed by atoms with Crippen molar-refractivity contribution in [2.45, 2.75) is 33.1 Å². The number of rotatable bonds is 0. The van der Waals surface area contributed by atoms with E-state index < -0.39 is 0 Å². The minimum atomic E-state index is 0.0130. The van der Waals surface area contributed by atoms with Crippen molar-refractivity contribution in [1.29, 1.82) is 5.26 Å². The van der Waals surface area contributed by atoms with Crippen LogP contribution < -0.4 is 0 Å². The Morgan fingerprint density at radius 2 is 2.00 bits per heavy atom. The van der Waals surface area contributed by atoms with E-state index in [0.717, 1.165) is 10.9 Å². The van der Waals surface area contributed by atoms with Crippen LogP contribution in [-0.2, 0) is 5.41 Å². The predicted octanol–water partition coefficient (Wildman–Crippen LogP) is 3.04. The zero-order chi connectivity index (χ0) is 11.9. The van der Waals surface area contributed by atoms with Crippen LogP contribution in [0, 0.1) is 18.3 Å². The topological polar surface area (TPSA) is 52.5 Å². The Bertz CT molecular complexity index is 579. The van der Waals surface area contributed by atoms with E-state index in [1.165, 1.54) is 11.1 Å². The van der Waals surface area contributed by atoms with Gasteiger partial charge in [-0.3, -0.25) is 5.10 Å². The van der Waals surface area contributed by atoms with Crippen molar-refractivity contribution in [3.63, 3.8) is 0 Å². The molecule has 0 saturated carbocycles. The normalized spacial score (nSPS) is 11.7. The summed E-state index contributed by atoms with van der Waals surface area (Å²) in [5.41, 5.74) is 3.85. The third-order valence-corrected chi connectivity index (χ3v) is 2.79. The molecule has 0 amide bonds. The molecule has 0 spiro atoms. The lowest BCUT2D eigenvalue weighted by Crippen LogP contribution is -2.13. The number of aromatic amines is 1. The van der Waals surface area contributed by atoms with Crippen molar-refractivity contribution in [1.82, 2.24) is 10.2 Å². The number of hydrogen-bond acceptors (Lipinski definition) is 2. The number of hydrogen-bond donors (Lipinski definition) is 1. The van der Waals surface area contributed by atoms with Crippen LogP contribution in [0.25, 0.3) is 10.9 Å². The molecule has 0 radical (unpaired) electrons. The molecule has 2 aromatic rings. The van der Waals surface area contributed by atoms with Gasteiger partial charge in [0.2, 0.25) is 0 Å². The van der Waals surface area contributed by atoms with Gasteiger partial charge in [0.1, 0.15) is 6.07 Å². The van der Waals surface area contributed by atoms with E-state index in [-0.39, 0.29) is 5.41 Å². The summed E-state index contributed by atoms with van der Waals surface area (Å²) in [7, 11) is 0. The molecular weight excluding hydrogens is 198 g/mol. The van der Waals surface area contributed by atoms with E-state index in [1.54, 1.807) is 0 Å². The van der Waals surface area contributed by atoms with Crippen LogP contribution in [0.15, 0.2) is 12.1 Å². The van der Waals surface area contributed by atoms with Crippen molar-refractivity contribution in [2.24, 2.45) is 0 Å². The van der Waals surface area contributed by atoms with Gasteiger partial charge in [0, 0.05) is 5.39 Å². The number of aryl methyl sites for hydroxylation is 1. The molecule has 0 fully saturated rings. The number of fused-ring (bicyclic) bond motifs is 1. The van der Waals surface area contributed by atoms with Crippen molar-refractivity contribution in [3.05, 3.63) is 29.0 Å². The highest BCUT2D eigenvalue weighted by Gasteiger charge is 2.22. The average Bonchev–Trinajstić information content (AvgIpc) is 2.58. The van der Waals surface area contributed by atoms with Gasteiger partial charge >= 0.3 is 0 Å². The fourth-order valence-corrected chi connectivity index (χ4v) is 2.27. The lowest BCUT2D eigenvalue weighted by molar-refractivity contribution is 0.592. The fraction of sp³-hybridized carbons (Fsp3) is 0.385. The number of H-pyrrole nitrogens is 1. The summed E-state index contributed by atoms with van der Waals surface area (Å²) in [5.74, 6) is 0. The Morgan fingerprint density at radius 3 is 2.56 bits per heavy atom. The molecule has 0 aliphatic carbocycles. The molecule has 0 bridgehead atoms. The zero-order valence-electron chi connectivity index (χ0n) is 10.0. The first-order chi connectivity index (χ1) is 7.45. The number of benzene rings is 1. The molecule has 1 aromatic heterocycles. The highest BCUT2D eigenvalue weighted by atomic mass is 15.1. The zero-order valence-corrected chi connectivity index (χ0v) is 10.0. The molecule has 0 atom stereocenters. The van der Waals surface area contributed by atoms with E-state index in [1.807, 2.05) is 6.07 Å². The first-order valence-corrected chi connectivity index (χ1v) is 5.33. The lowest BCUT2D eigenvalue weighted by atomic mass is 9.81. The van der Waals surface area contributed by atoms with Gasteiger partial charge in [0.05, 0.1) is 5.52 Å². The number of nitriles is 1. The second kappa shape index (κ2) is 3.34. The minimum Gasteiger partial charge on any atom is -0.276 e. The number of aromatic nitrogens is 2. The summed E-state index contributed by atoms with van der Waals surface area (Å²) in [6.45, 7) is 8.54. The van der Waals surface area contributed by atoms with Crippen LogP contribution in [-0.4, -0.2) is 10.2 Å². The van der Waals surface area contributed by atoms with Crippen molar-refractivity contribution < 1.29 is 0 Å². The van der Waals surface area contributed by atoms with E-state index in [2.05, 4.69) is 50.0 Å². The Balaban J connectivity index is 2.94. The summed E-state index contributed by atoms with van der Waals surface area (Å²) in [4.78, 5) is 0. The second-order valence-electron chi connectivity index (χ2n) is 5.11. The maximum absolute atomic E-state index is 9.07. The molecule has 0 unspecified atom stereocenters. The van der Waals surface area contributed by atoms with Crippen LogP contribution >= 0.6 is 0 Å². The summed E-state index contributed by atoms with van der Waals surface area (Å²) in [6, 6.07) is 6.20. The Morgan fingerprint density at radius 1 is 1.31 bits per heavy atom. The molecular formula is C13H15N3. The Kier molecular flexibility index (Phi) is 2.23. The van der Waals surface area contributed by atoms with E-state index in [9.17, 15) is 0 Å². The fourth-order valence-electron chi connectivity index (χ4n) is 2.27. The molecule has 1 aromatic carbocycles. The van der Waals surface area contributed by atoms with Crippen molar-refractivity contribution in [3.8, 4) is 6.07 Å². The monoisotopic (exact) mass is 213 g/mol. The number of nitrogens with zero attached hydrogens (tertiary/aromatic N) is 2. The highest BCUT2D eigenvalue weighted by Crippen LogP contribution is 2.33. The standard InChI is InChI=1S/C13H15N3/c1-8-5-6-9-11(10(7-14)16-15-9)12(8)13(2,3)4/h5-6H,1-4H3,(H,15,16). The van der Waals surface area contributed by atoms with Crippen LogP contribution in [0.3, 0.4) is 0 Å². The molecule has 16 heavy (non-hydrogen) atoms. The van der Waals surface area contributed by atoms with Gasteiger partial charge in [0.25, 0.3) is 0 Å². The summed E-state index contributed by atoms with van der Waals surface area (Å²) < 4.78 is 0. The lowest BCUT2D eigenvalue weighted by Gasteiger charge is -2.22. The van der Waals surface area contributed by atoms with E-state index in [0.29, 0.717) is 5.69 Å². The average molecular weight is 213 g/mol. The molecule has 2 rings (SSSR count). The summed E-state index contributed by atoms with van der Waals surface area (Å²) in [6.07, 6.45) is 0. The van der Waals surface area contributed by atoms with Gasteiger partial charge in [-0.15, -0.1) is 0 Å². The Hall–Kier alpha value is -1.82. The van der Waals surface area contributed by atoms with Gasteiger partial charge in [0.15, 0.2) is 5.69 Å². The van der Waals surface area contributed by atoms with E-state index >= 15 is 0 Å². The molecule has 82 valence electrons. The second-order valence-corrected chi connectivity index (χ2v) is 5.11. The molecule has 1 heterocycles. The largest absolute Gasteiger partial charge is 0.276 e. The van der Waals surface area contributed by atoms with Gasteiger partial charge in [-0.05, 0) is 29.5 Å². The SMILES string of the molecule is Cc1ccc2[nH]nc(C#N)c2c1C(C)(C)C. The van der Waals surface area contributed by atoms with Crippen LogP contribution in [0.5, 0.6) is 0 Å². The van der Waals surface area contributed by atoms with Gasteiger partial charge in [-0.2, -0.15) is 10.4 Å². The van der Waals surface area contributed by atoms with Crippen molar-refractivity contribution >= 4 is 10.9 Å². The molecule has 0 saturated heterocycles. The third kappa shape index (κ3) is 1.47. The number of nitrogens with one attached hydrogen (secondary N) is 1. The minimum absolute atomic E-state index is 0.0130. The molecule has 1 N–H and O–H groups in total. The van der Waals surface area contributed by atoms with Gasteiger partial charge in [-0.1, -0.05) is 26.8 Å². The Labute approximate surface area is 95.1 Å². The predicted molar refractivity (Wildman–Crippen MR) is 64.2 cm³/mol. The van der Waals surface area contributed by atoms with Crippen LogP contribution in [0.1, 0.15) is 37.6 Å². The van der Waals surface area contributed by atoms with Crippen molar-refractivity contribution in [2.75, 3.05) is 0 Å². The maximum Gasteiger partial charge on any atom is 0.170 e. The molecule has 0 aliphatic heterocycles. The third-order valence-electron chi connectivity index (χ3n) is 2.79.